The Hall–Kier alpha value is -0.570. The maximum Gasteiger partial charge on any atom is 0.302 e. The van der Waals surface area contributed by atoms with Gasteiger partial charge in [-0.1, -0.05) is 39.0 Å². The zero-order valence-electron chi connectivity index (χ0n) is 10.7. The molecule has 0 saturated heterocycles. The number of carbonyl (C=O) groups excluding carboxylic acids is 1. The van der Waals surface area contributed by atoms with Crippen molar-refractivity contribution in [3.63, 3.8) is 0 Å². The minimum absolute atomic E-state index is 0.107. The normalized spacial score (nSPS) is 12.4. The second kappa shape index (κ2) is 10.9. The van der Waals surface area contributed by atoms with Gasteiger partial charge in [0.2, 0.25) is 0 Å². The van der Waals surface area contributed by atoms with Gasteiger partial charge >= 0.3 is 5.97 Å². The molecule has 96 valence electrons. The molecule has 0 amide bonds. The van der Waals surface area contributed by atoms with Crippen LogP contribution >= 0.6 is 0 Å². The van der Waals surface area contributed by atoms with Crippen LogP contribution < -0.4 is 0 Å². The summed E-state index contributed by atoms with van der Waals surface area (Å²) in [7, 11) is 0. The summed E-state index contributed by atoms with van der Waals surface area (Å²) in [6.07, 6.45) is 8.53. The number of ether oxygens (including phenoxy) is 1. The van der Waals surface area contributed by atoms with Crippen molar-refractivity contribution < 1.29 is 14.6 Å². The number of unbranched alkanes of at least 4 members (excludes halogenated alkanes) is 5. The Bertz CT molecular complexity index is 169. The lowest BCUT2D eigenvalue weighted by Gasteiger charge is -2.06. The molecule has 0 aromatic carbocycles. The molecule has 16 heavy (non-hydrogen) atoms. The van der Waals surface area contributed by atoms with Crippen LogP contribution in [0.5, 0.6) is 0 Å². The fourth-order valence-corrected chi connectivity index (χ4v) is 1.61. The van der Waals surface area contributed by atoms with Crippen molar-refractivity contribution in [1.82, 2.24) is 0 Å². The van der Waals surface area contributed by atoms with E-state index in [-0.39, 0.29) is 12.1 Å². The van der Waals surface area contributed by atoms with Gasteiger partial charge in [0.15, 0.2) is 0 Å². The third-order valence-corrected chi connectivity index (χ3v) is 2.71. The SMILES string of the molecule is CCC(O)CCCCCCCCOC(C)=O. The molecule has 3 heteroatoms. The monoisotopic (exact) mass is 230 g/mol. The smallest absolute Gasteiger partial charge is 0.302 e. The molecule has 1 atom stereocenters. The molecule has 1 unspecified atom stereocenters. The maximum absolute atomic E-state index is 10.5. The van der Waals surface area contributed by atoms with Gasteiger partial charge in [-0.25, -0.2) is 0 Å². The lowest BCUT2D eigenvalue weighted by atomic mass is 10.1. The van der Waals surface area contributed by atoms with Crippen LogP contribution in [0.4, 0.5) is 0 Å². The summed E-state index contributed by atoms with van der Waals surface area (Å²) in [5, 5.41) is 9.33. The largest absolute Gasteiger partial charge is 0.466 e. The Morgan fingerprint density at radius 3 is 2.25 bits per heavy atom. The standard InChI is InChI=1S/C13H26O3/c1-3-13(15)10-8-6-4-5-7-9-11-16-12(2)14/h13,15H,3-11H2,1-2H3. The summed E-state index contributed by atoms with van der Waals surface area (Å²) in [6.45, 7) is 4.02. The highest BCUT2D eigenvalue weighted by Crippen LogP contribution is 2.10. The Morgan fingerprint density at radius 2 is 1.69 bits per heavy atom. The van der Waals surface area contributed by atoms with Crippen molar-refractivity contribution in [3.8, 4) is 0 Å². The molecule has 0 bridgehead atoms. The summed E-state index contributed by atoms with van der Waals surface area (Å²) in [6, 6.07) is 0. The Balaban J connectivity index is 3.01. The van der Waals surface area contributed by atoms with Crippen molar-refractivity contribution in [1.29, 1.82) is 0 Å². The van der Waals surface area contributed by atoms with Crippen LogP contribution in [0.25, 0.3) is 0 Å². The van der Waals surface area contributed by atoms with E-state index in [2.05, 4.69) is 0 Å². The van der Waals surface area contributed by atoms with E-state index in [1.807, 2.05) is 6.92 Å². The van der Waals surface area contributed by atoms with Gasteiger partial charge in [0.25, 0.3) is 0 Å². The Morgan fingerprint density at radius 1 is 1.12 bits per heavy atom. The Kier molecular flexibility index (Phi) is 10.5. The van der Waals surface area contributed by atoms with Gasteiger partial charge in [-0.15, -0.1) is 0 Å². The van der Waals surface area contributed by atoms with Gasteiger partial charge in [-0.2, -0.15) is 0 Å². The molecule has 0 aromatic heterocycles. The summed E-state index contributed by atoms with van der Waals surface area (Å²) in [5.74, 6) is -0.187. The van der Waals surface area contributed by atoms with Gasteiger partial charge in [0, 0.05) is 6.92 Å². The van der Waals surface area contributed by atoms with Crippen molar-refractivity contribution in [2.24, 2.45) is 0 Å². The third kappa shape index (κ3) is 11.5. The highest BCUT2D eigenvalue weighted by Gasteiger charge is 1.99. The van der Waals surface area contributed by atoms with E-state index >= 15 is 0 Å². The van der Waals surface area contributed by atoms with Crippen LogP contribution in [-0.4, -0.2) is 23.8 Å². The molecule has 0 aromatic rings. The molecular weight excluding hydrogens is 204 g/mol. The number of aliphatic hydroxyl groups is 1. The number of esters is 1. The molecule has 0 spiro atoms. The van der Waals surface area contributed by atoms with E-state index in [0.717, 1.165) is 32.1 Å². The van der Waals surface area contributed by atoms with Gasteiger partial charge in [-0.05, 0) is 19.3 Å². The highest BCUT2D eigenvalue weighted by molar-refractivity contribution is 5.65. The molecule has 1 N–H and O–H groups in total. The molecule has 3 nitrogen and oxygen atoms in total. The van der Waals surface area contributed by atoms with E-state index in [0.29, 0.717) is 6.61 Å². The van der Waals surface area contributed by atoms with E-state index in [1.165, 1.54) is 26.2 Å². The van der Waals surface area contributed by atoms with E-state index < -0.39 is 0 Å². The first kappa shape index (κ1) is 15.4. The molecule has 0 fully saturated rings. The first-order chi connectivity index (χ1) is 7.66. The maximum atomic E-state index is 10.5. The third-order valence-electron chi connectivity index (χ3n) is 2.71. The van der Waals surface area contributed by atoms with Crippen LogP contribution in [0.15, 0.2) is 0 Å². The minimum Gasteiger partial charge on any atom is -0.466 e. The lowest BCUT2D eigenvalue weighted by Crippen LogP contribution is -2.03. The van der Waals surface area contributed by atoms with Gasteiger partial charge in [-0.3, -0.25) is 4.79 Å². The van der Waals surface area contributed by atoms with Crippen LogP contribution in [0.1, 0.15) is 65.2 Å². The second-order valence-electron chi connectivity index (χ2n) is 4.31. The minimum atomic E-state index is -0.187. The number of aliphatic hydroxyl groups excluding tert-OH is 1. The zero-order valence-corrected chi connectivity index (χ0v) is 10.7. The average molecular weight is 230 g/mol. The van der Waals surface area contributed by atoms with Crippen LogP contribution in [0, 0.1) is 0 Å². The fourth-order valence-electron chi connectivity index (χ4n) is 1.61. The fraction of sp³-hybridized carbons (Fsp3) is 0.923. The summed E-state index contributed by atoms with van der Waals surface area (Å²) in [4.78, 5) is 10.5. The average Bonchev–Trinajstić information content (AvgIpc) is 2.26. The lowest BCUT2D eigenvalue weighted by molar-refractivity contribution is -0.141. The van der Waals surface area contributed by atoms with E-state index in [9.17, 15) is 9.90 Å². The van der Waals surface area contributed by atoms with Crippen LogP contribution in [0.2, 0.25) is 0 Å². The molecule has 0 heterocycles. The predicted octanol–water partition coefficient (Wildman–Crippen LogP) is 3.05. The number of carbonyl (C=O) groups is 1. The Labute approximate surface area is 99.2 Å². The predicted molar refractivity (Wildman–Crippen MR) is 65.2 cm³/mol. The summed E-state index contributed by atoms with van der Waals surface area (Å²) >= 11 is 0. The first-order valence-electron chi connectivity index (χ1n) is 6.48. The topological polar surface area (TPSA) is 46.5 Å². The first-order valence-corrected chi connectivity index (χ1v) is 6.48. The highest BCUT2D eigenvalue weighted by atomic mass is 16.5. The zero-order chi connectivity index (χ0) is 12.2. The van der Waals surface area contributed by atoms with Crippen molar-refractivity contribution in [2.45, 2.75) is 71.3 Å². The van der Waals surface area contributed by atoms with Gasteiger partial charge in [0.05, 0.1) is 12.7 Å². The molecule has 0 rings (SSSR count). The molecule has 0 radical (unpaired) electrons. The second-order valence-corrected chi connectivity index (χ2v) is 4.31. The van der Waals surface area contributed by atoms with Crippen molar-refractivity contribution in [2.75, 3.05) is 6.61 Å². The molecule has 0 aliphatic carbocycles. The molecule has 0 aliphatic rings. The van der Waals surface area contributed by atoms with Gasteiger partial charge in [0.1, 0.15) is 0 Å². The number of hydrogen-bond acceptors (Lipinski definition) is 3. The van der Waals surface area contributed by atoms with E-state index in [4.69, 9.17) is 4.74 Å². The van der Waals surface area contributed by atoms with Crippen molar-refractivity contribution >= 4 is 5.97 Å². The quantitative estimate of drug-likeness (QED) is 0.463. The van der Waals surface area contributed by atoms with Crippen LogP contribution in [-0.2, 0) is 9.53 Å². The number of hydrogen-bond donors (Lipinski definition) is 1. The number of rotatable bonds is 10. The molecular formula is C13H26O3. The molecule has 0 saturated carbocycles. The summed E-state index contributed by atoms with van der Waals surface area (Å²) in [5.41, 5.74) is 0. The van der Waals surface area contributed by atoms with Crippen LogP contribution in [0.3, 0.4) is 0 Å². The van der Waals surface area contributed by atoms with Crippen molar-refractivity contribution in [3.05, 3.63) is 0 Å². The molecule has 0 aliphatic heterocycles. The van der Waals surface area contributed by atoms with Gasteiger partial charge < -0.3 is 9.84 Å². The van der Waals surface area contributed by atoms with E-state index in [1.54, 1.807) is 0 Å². The summed E-state index contributed by atoms with van der Waals surface area (Å²) < 4.78 is 4.84.